The topological polar surface area (TPSA) is 76.7 Å². The maximum absolute atomic E-state index is 14.9. The Bertz CT molecular complexity index is 1230. The molecule has 2 fully saturated rings. The lowest BCUT2D eigenvalue weighted by molar-refractivity contribution is -0.138. The number of benzene rings is 2. The lowest BCUT2D eigenvalue weighted by atomic mass is 9.96. The van der Waals surface area contributed by atoms with E-state index in [0.717, 1.165) is 38.2 Å². The molecule has 0 radical (unpaired) electrons. The van der Waals surface area contributed by atoms with Crippen LogP contribution in [-0.2, 0) is 6.54 Å². The number of rotatable bonds is 8. The summed E-state index contributed by atoms with van der Waals surface area (Å²) in [7, 11) is 0. The number of anilines is 2. The Balaban J connectivity index is 1.38. The molecule has 2 aliphatic rings. The number of nitrogens with zero attached hydrogens (tertiary/aromatic N) is 2. The summed E-state index contributed by atoms with van der Waals surface area (Å²) in [6, 6.07) is 6.66. The highest BCUT2D eigenvalue weighted by Crippen LogP contribution is 2.31. The first-order valence-corrected chi connectivity index (χ1v) is 14.0. The second kappa shape index (κ2) is 13.7. The van der Waals surface area contributed by atoms with E-state index in [2.05, 4.69) is 16.0 Å². The van der Waals surface area contributed by atoms with Gasteiger partial charge in [0.2, 0.25) is 0 Å². The molecule has 3 N–H and O–H groups in total. The van der Waals surface area contributed by atoms with Crippen molar-refractivity contribution in [1.82, 2.24) is 15.5 Å². The maximum Gasteiger partial charge on any atom is 0.390 e. The van der Waals surface area contributed by atoms with Crippen LogP contribution in [0.5, 0.6) is 0 Å². The number of urea groups is 1. The molecule has 3 amide bonds. The molecule has 1 aliphatic heterocycles. The van der Waals surface area contributed by atoms with E-state index >= 15 is 0 Å². The molecule has 0 unspecified atom stereocenters. The molecule has 2 aromatic rings. The molecule has 2 aromatic carbocycles. The molecule has 13 heteroatoms. The van der Waals surface area contributed by atoms with E-state index in [9.17, 15) is 31.5 Å². The van der Waals surface area contributed by atoms with E-state index in [1.165, 1.54) is 18.2 Å². The van der Waals surface area contributed by atoms with Gasteiger partial charge in [-0.1, -0.05) is 36.9 Å². The Morgan fingerprint density at radius 3 is 2.34 bits per heavy atom. The van der Waals surface area contributed by atoms with Gasteiger partial charge in [0.15, 0.2) is 11.6 Å². The fourth-order valence-electron chi connectivity index (χ4n) is 5.12. The van der Waals surface area contributed by atoms with Crippen molar-refractivity contribution < 1.29 is 31.5 Å². The third-order valence-electron chi connectivity index (χ3n) is 7.42. The Morgan fingerprint density at radius 1 is 0.951 bits per heavy atom. The van der Waals surface area contributed by atoms with E-state index in [1.807, 2.05) is 4.90 Å². The first kappa shape index (κ1) is 30.8. The monoisotopic (exact) mass is 601 g/mol. The van der Waals surface area contributed by atoms with Crippen LogP contribution < -0.4 is 20.9 Å². The highest BCUT2D eigenvalue weighted by molar-refractivity contribution is 6.31. The minimum absolute atomic E-state index is 0.0624. The van der Waals surface area contributed by atoms with Gasteiger partial charge in [0.1, 0.15) is 0 Å². The highest BCUT2D eigenvalue weighted by atomic mass is 35.5. The molecule has 0 spiro atoms. The maximum atomic E-state index is 14.9. The summed E-state index contributed by atoms with van der Waals surface area (Å²) < 4.78 is 67.5. The van der Waals surface area contributed by atoms with Crippen LogP contribution in [0.15, 0.2) is 30.3 Å². The molecule has 7 nitrogen and oxygen atoms in total. The smallest absolute Gasteiger partial charge is 0.367 e. The van der Waals surface area contributed by atoms with Gasteiger partial charge in [-0.05, 0) is 37.1 Å². The van der Waals surface area contributed by atoms with E-state index < -0.39 is 41.7 Å². The quantitative estimate of drug-likeness (QED) is 0.321. The van der Waals surface area contributed by atoms with Crippen molar-refractivity contribution in [3.63, 3.8) is 0 Å². The predicted molar refractivity (Wildman–Crippen MR) is 147 cm³/mol. The Hall–Kier alpha value is -3.12. The molecule has 224 valence electrons. The Kier molecular flexibility index (Phi) is 10.3. The minimum Gasteiger partial charge on any atom is -0.367 e. The zero-order valence-corrected chi connectivity index (χ0v) is 23.2. The summed E-state index contributed by atoms with van der Waals surface area (Å²) in [5.41, 5.74) is 0.198. The predicted octanol–water partition coefficient (Wildman–Crippen LogP) is 6.08. The van der Waals surface area contributed by atoms with Gasteiger partial charge in [0, 0.05) is 55.9 Å². The first-order valence-electron chi connectivity index (χ1n) is 13.7. The van der Waals surface area contributed by atoms with Crippen LogP contribution in [-0.4, -0.2) is 61.8 Å². The van der Waals surface area contributed by atoms with Crippen molar-refractivity contribution in [2.75, 3.05) is 42.9 Å². The number of halogens is 6. The molecule has 1 saturated carbocycles. The number of carbonyl (C=O) groups is 2. The molecular weight excluding hydrogens is 569 g/mol. The molecule has 1 heterocycles. The average Bonchev–Trinajstić information content (AvgIpc) is 2.94. The van der Waals surface area contributed by atoms with Gasteiger partial charge in [0.05, 0.1) is 23.4 Å². The van der Waals surface area contributed by atoms with Gasteiger partial charge in [-0.15, -0.1) is 0 Å². The number of nitrogens with one attached hydrogen (secondary N) is 3. The fraction of sp³-hybridized carbons (Fsp3) is 0.500. The standard InChI is InChI=1S/C28H33ClF5N5O2/c29-19-7-9-22(23(16-19)39-14-12-38(13-15-39)11-10-28(32,33)34)37-26(40)21-8-6-18(24(30)25(21)31)17-35-27(41)36-20-4-2-1-3-5-20/h6-9,16,20H,1-5,10-15,17H2,(H,37,40)(H2,35,36,41). The van der Waals surface area contributed by atoms with Crippen LogP contribution in [0.4, 0.5) is 38.1 Å². The number of alkyl halides is 3. The van der Waals surface area contributed by atoms with Gasteiger partial charge in [-0.3, -0.25) is 9.69 Å². The summed E-state index contributed by atoms with van der Waals surface area (Å²) in [6.07, 6.45) is -0.151. The van der Waals surface area contributed by atoms with Crippen molar-refractivity contribution in [2.45, 2.75) is 57.3 Å². The SMILES string of the molecule is O=C(NCc1ccc(C(=O)Nc2ccc(Cl)cc2N2CCN(CCC(F)(F)F)CC2)c(F)c1F)NC1CCCCC1. The number of amides is 3. The number of hydrogen-bond donors (Lipinski definition) is 3. The number of piperazine rings is 1. The largest absolute Gasteiger partial charge is 0.390 e. The molecular formula is C28H33ClF5N5O2. The third-order valence-corrected chi connectivity index (χ3v) is 7.65. The summed E-state index contributed by atoms with van der Waals surface area (Å²) in [6.45, 7) is 1.19. The van der Waals surface area contributed by atoms with Gasteiger partial charge in [-0.2, -0.15) is 13.2 Å². The van der Waals surface area contributed by atoms with Crippen molar-refractivity contribution in [3.8, 4) is 0 Å². The zero-order chi connectivity index (χ0) is 29.6. The third kappa shape index (κ3) is 8.68. The van der Waals surface area contributed by atoms with E-state index in [4.69, 9.17) is 11.6 Å². The zero-order valence-electron chi connectivity index (χ0n) is 22.4. The van der Waals surface area contributed by atoms with Gasteiger partial charge < -0.3 is 20.9 Å². The van der Waals surface area contributed by atoms with Gasteiger partial charge in [-0.25, -0.2) is 13.6 Å². The fourth-order valence-corrected chi connectivity index (χ4v) is 5.29. The Morgan fingerprint density at radius 2 is 1.66 bits per heavy atom. The summed E-state index contributed by atoms with van der Waals surface area (Å²) >= 11 is 6.17. The van der Waals surface area contributed by atoms with Crippen LogP contribution in [0, 0.1) is 11.6 Å². The molecule has 0 aromatic heterocycles. The highest BCUT2D eigenvalue weighted by Gasteiger charge is 2.29. The molecule has 0 atom stereocenters. The summed E-state index contributed by atoms with van der Waals surface area (Å²) in [5.74, 6) is -3.46. The second-order valence-electron chi connectivity index (χ2n) is 10.4. The molecule has 4 rings (SSSR count). The molecule has 41 heavy (non-hydrogen) atoms. The van der Waals surface area contributed by atoms with E-state index in [-0.39, 0.29) is 24.7 Å². The van der Waals surface area contributed by atoms with Crippen molar-refractivity contribution in [1.29, 1.82) is 0 Å². The molecule has 1 saturated heterocycles. The first-order chi connectivity index (χ1) is 19.5. The van der Waals surface area contributed by atoms with Crippen LogP contribution in [0.1, 0.15) is 54.4 Å². The Labute approximate surface area is 240 Å². The van der Waals surface area contributed by atoms with Crippen molar-refractivity contribution in [2.24, 2.45) is 0 Å². The number of hydrogen-bond acceptors (Lipinski definition) is 4. The number of carbonyl (C=O) groups excluding carboxylic acids is 2. The van der Waals surface area contributed by atoms with Gasteiger partial charge in [0.25, 0.3) is 5.91 Å². The van der Waals surface area contributed by atoms with Gasteiger partial charge >= 0.3 is 12.2 Å². The lowest BCUT2D eigenvalue weighted by Crippen LogP contribution is -2.47. The molecule has 1 aliphatic carbocycles. The van der Waals surface area contributed by atoms with Crippen LogP contribution in [0.25, 0.3) is 0 Å². The molecule has 0 bridgehead atoms. The second-order valence-corrected chi connectivity index (χ2v) is 10.8. The van der Waals surface area contributed by atoms with E-state index in [1.54, 1.807) is 11.0 Å². The average molecular weight is 602 g/mol. The summed E-state index contributed by atoms with van der Waals surface area (Å²) in [4.78, 5) is 28.7. The van der Waals surface area contributed by atoms with E-state index in [0.29, 0.717) is 42.6 Å². The minimum atomic E-state index is -4.23. The van der Waals surface area contributed by atoms with Crippen LogP contribution in [0.3, 0.4) is 0 Å². The summed E-state index contributed by atoms with van der Waals surface area (Å²) in [5, 5.41) is 8.35. The van der Waals surface area contributed by atoms with Crippen LogP contribution in [0.2, 0.25) is 5.02 Å². The van der Waals surface area contributed by atoms with Crippen molar-refractivity contribution >= 4 is 34.9 Å². The van der Waals surface area contributed by atoms with Crippen LogP contribution >= 0.6 is 11.6 Å². The lowest BCUT2D eigenvalue weighted by Gasteiger charge is -2.37. The normalized spacial score (nSPS) is 16.9. The van der Waals surface area contributed by atoms with Crippen molar-refractivity contribution in [3.05, 3.63) is 58.1 Å².